The molecule has 0 aromatic carbocycles. The Balaban J connectivity index is 2.47. The van der Waals surface area contributed by atoms with Gasteiger partial charge in [-0.2, -0.15) is 0 Å². The first-order valence-corrected chi connectivity index (χ1v) is 6.14. The Kier molecular flexibility index (Phi) is 5.93. The molecule has 1 aliphatic rings. The average Bonchev–Trinajstić information content (AvgIpc) is 2.30. The summed E-state index contributed by atoms with van der Waals surface area (Å²) < 4.78 is 0. The van der Waals surface area contributed by atoms with Crippen LogP contribution in [0.15, 0.2) is 16.9 Å². The van der Waals surface area contributed by atoms with Gasteiger partial charge < -0.3 is 16.0 Å². The lowest BCUT2D eigenvalue weighted by molar-refractivity contribution is 0.409. The SMILES string of the molecule is CC/C=C(\NC(C)=NC)NC1CCCNC1. The highest BCUT2D eigenvalue weighted by molar-refractivity contribution is 5.80. The molecule has 92 valence electrons. The van der Waals surface area contributed by atoms with Gasteiger partial charge in [-0.15, -0.1) is 0 Å². The highest BCUT2D eigenvalue weighted by atomic mass is 15.1. The van der Waals surface area contributed by atoms with E-state index in [1.165, 1.54) is 12.8 Å². The van der Waals surface area contributed by atoms with Crippen LogP contribution in [0.1, 0.15) is 33.1 Å². The standard InChI is InChI=1S/C12H24N4/c1-4-6-12(15-10(2)13-3)16-11-7-5-8-14-9-11/h6,11,14,16H,4-5,7-9H2,1-3H3,(H,13,15)/b12-6+. The van der Waals surface area contributed by atoms with E-state index in [2.05, 4.69) is 33.9 Å². The van der Waals surface area contributed by atoms with Crippen LogP contribution in [0.3, 0.4) is 0 Å². The molecule has 1 heterocycles. The zero-order chi connectivity index (χ0) is 11.8. The van der Waals surface area contributed by atoms with Crippen molar-refractivity contribution in [3.05, 3.63) is 11.9 Å². The van der Waals surface area contributed by atoms with E-state index in [-0.39, 0.29) is 0 Å². The Labute approximate surface area is 98.6 Å². The van der Waals surface area contributed by atoms with E-state index < -0.39 is 0 Å². The third-order valence-electron chi connectivity index (χ3n) is 2.72. The predicted octanol–water partition coefficient (Wildman–Crippen LogP) is 1.22. The molecule has 1 fully saturated rings. The van der Waals surface area contributed by atoms with Gasteiger partial charge in [0.15, 0.2) is 0 Å². The maximum absolute atomic E-state index is 4.11. The van der Waals surface area contributed by atoms with Crippen LogP contribution in [-0.4, -0.2) is 32.0 Å². The fourth-order valence-electron chi connectivity index (χ4n) is 1.80. The Hall–Kier alpha value is -1.03. The topological polar surface area (TPSA) is 48.5 Å². The minimum atomic E-state index is 0.531. The first-order chi connectivity index (χ1) is 7.76. The molecule has 4 heteroatoms. The fraction of sp³-hybridized carbons (Fsp3) is 0.750. The number of hydrogen-bond acceptors (Lipinski definition) is 3. The van der Waals surface area contributed by atoms with E-state index in [1.54, 1.807) is 7.05 Å². The van der Waals surface area contributed by atoms with Gasteiger partial charge in [0, 0.05) is 19.6 Å². The maximum Gasteiger partial charge on any atom is 0.100 e. The smallest absolute Gasteiger partial charge is 0.100 e. The summed E-state index contributed by atoms with van der Waals surface area (Å²) in [6.07, 6.45) is 5.67. The second-order valence-electron chi connectivity index (χ2n) is 4.15. The molecule has 0 bridgehead atoms. The van der Waals surface area contributed by atoms with Gasteiger partial charge in [-0.3, -0.25) is 4.99 Å². The van der Waals surface area contributed by atoms with Gasteiger partial charge in [-0.05, 0) is 38.8 Å². The maximum atomic E-state index is 4.11. The molecule has 1 saturated heterocycles. The molecule has 0 radical (unpaired) electrons. The summed E-state index contributed by atoms with van der Waals surface area (Å²) >= 11 is 0. The highest BCUT2D eigenvalue weighted by Gasteiger charge is 2.13. The molecule has 0 amide bonds. The molecule has 0 spiro atoms. The molecule has 1 atom stereocenters. The van der Waals surface area contributed by atoms with E-state index >= 15 is 0 Å². The van der Waals surface area contributed by atoms with Gasteiger partial charge in [0.25, 0.3) is 0 Å². The number of nitrogens with one attached hydrogen (secondary N) is 3. The summed E-state index contributed by atoms with van der Waals surface area (Å²) in [6.45, 7) is 6.31. The van der Waals surface area contributed by atoms with Crippen LogP contribution in [0.2, 0.25) is 0 Å². The largest absolute Gasteiger partial charge is 0.368 e. The lowest BCUT2D eigenvalue weighted by Gasteiger charge is -2.26. The van der Waals surface area contributed by atoms with Crippen LogP contribution >= 0.6 is 0 Å². The van der Waals surface area contributed by atoms with Crippen molar-refractivity contribution in [2.75, 3.05) is 20.1 Å². The van der Waals surface area contributed by atoms with E-state index in [4.69, 9.17) is 0 Å². The quantitative estimate of drug-likeness (QED) is 0.497. The number of aliphatic imine (C=N–C) groups is 1. The number of allylic oxidation sites excluding steroid dienone is 1. The van der Waals surface area contributed by atoms with E-state index in [0.29, 0.717) is 6.04 Å². The van der Waals surface area contributed by atoms with Gasteiger partial charge >= 0.3 is 0 Å². The minimum Gasteiger partial charge on any atom is -0.368 e. The van der Waals surface area contributed by atoms with Crippen molar-refractivity contribution in [3.8, 4) is 0 Å². The Morgan fingerprint density at radius 2 is 2.38 bits per heavy atom. The Morgan fingerprint density at radius 3 is 2.94 bits per heavy atom. The zero-order valence-corrected chi connectivity index (χ0v) is 10.6. The van der Waals surface area contributed by atoms with Crippen LogP contribution in [0.25, 0.3) is 0 Å². The third kappa shape index (κ3) is 4.66. The number of hydrogen-bond donors (Lipinski definition) is 3. The van der Waals surface area contributed by atoms with Crippen LogP contribution in [0.5, 0.6) is 0 Å². The van der Waals surface area contributed by atoms with Crippen LogP contribution < -0.4 is 16.0 Å². The van der Waals surface area contributed by atoms with Crippen molar-refractivity contribution in [3.63, 3.8) is 0 Å². The van der Waals surface area contributed by atoms with Gasteiger partial charge in [-0.1, -0.05) is 6.92 Å². The molecule has 3 N–H and O–H groups in total. The molecule has 4 nitrogen and oxygen atoms in total. The lowest BCUT2D eigenvalue weighted by Crippen LogP contribution is -2.45. The summed E-state index contributed by atoms with van der Waals surface area (Å²) in [4.78, 5) is 4.11. The lowest BCUT2D eigenvalue weighted by atomic mass is 10.1. The van der Waals surface area contributed by atoms with Crippen LogP contribution in [0.4, 0.5) is 0 Å². The molecular weight excluding hydrogens is 200 g/mol. The summed E-state index contributed by atoms with van der Waals surface area (Å²) in [5, 5.41) is 10.2. The monoisotopic (exact) mass is 224 g/mol. The van der Waals surface area contributed by atoms with Crippen molar-refractivity contribution in [2.45, 2.75) is 39.2 Å². The van der Waals surface area contributed by atoms with Crippen molar-refractivity contribution < 1.29 is 0 Å². The van der Waals surface area contributed by atoms with Crippen LogP contribution in [0, 0.1) is 0 Å². The average molecular weight is 224 g/mol. The first kappa shape index (κ1) is 13.0. The highest BCUT2D eigenvalue weighted by Crippen LogP contribution is 2.03. The van der Waals surface area contributed by atoms with E-state index in [0.717, 1.165) is 31.2 Å². The van der Waals surface area contributed by atoms with Crippen molar-refractivity contribution >= 4 is 5.84 Å². The summed E-state index contributed by atoms with van der Waals surface area (Å²) in [5.41, 5.74) is 0. The molecule has 0 aromatic rings. The van der Waals surface area contributed by atoms with Crippen molar-refractivity contribution in [2.24, 2.45) is 4.99 Å². The predicted molar refractivity (Wildman–Crippen MR) is 69.6 cm³/mol. The van der Waals surface area contributed by atoms with Crippen molar-refractivity contribution in [1.29, 1.82) is 0 Å². The first-order valence-electron chi connectivity index (χ1n) is 6.14. The number of rotatable bonds is 4. The molecule has 0 saturated carbocycles. The summed E-state index contributed by atoms with van der Waals surface area (Å²) in [6, 6.07) is 0.531. The molecule has 1 unspecified atom stereocenters. The molecular formula is C12H24N4. The van der Waals surface area contributed by atoms with Gasteiger partial charge in [0.1, 0.15) is 5.82 Å². The molecule has 1 aliphatic heterocycles. The zero-order valence-electron chi connectivity index (χ0n) is 10.6. The molecule has 0 aromatic heterocycles. The second-order valence-corrected chi connectivity index (χ2v) is 4.15. The normalized spacial score (nSPS) is 23.1. The molecule has 0 aliphatic carbocycles. The van der Waals surface area contributed by atoms with Crippen LogP contribution in [-0.2, 0) is 0 Å². The second kappa shape index (κ2) is 7.28. The van der Waals surface area contributed by atoms with Crippen molar-refractivity contribution in [1.82, 2.24) is 16.0 Å². The Morgan fingerprint density at radius 1 is 1.56 bits per heavy atom. The molecule has 1 rings (SSSR count). The summed E-state index contributed by atoms with van der Waals surface area (Å²) in [5.74, 6) is 2.02. The summed E-state index contributed by atoms with van der Waals surface area (Å²) in [7, 11) is 1.80. The third-order valence-corrected chi connectivity index (χ3v) is 2.72. The Bertz CT molecular complexity index is 252. The fourth-order valence-corrected chi connectivity index (χ4v) is 1.80. The van der Waals surface area contributed by atoms with Gasteiger partial charge in [0.2, 0.25) is 0 Å². The number of nitrogens with zero attached hydrogens (tertiary/aromatic N) is 1. The van der Waals surface area contributed by atoms with Gasteiger partial charge in [-0.25, -0.2) is 0 Å². The van der Waals surface area contributed by atoms with E-state index in [1.807, 2.05) is 6.92 Å². The number of amidine groups is 1. The minimum absolute atomic E-state index is 0.531. The van der Waals surface area contributed by atoms with E-state index in [9.17, 15) is 0 Å². The number of piperidine rings is 1. The van der Waals surface area contributed by atoms with Gasteiger partial charge in [0.05, 0.1) is 5.84 Å². The molecule has 16 heavy (non-hydrogen) atoms.